The van der Waals surface area contributed by atoms with Gasteiger partial charge in [0.25, 0.3) is 0 Å². The summed E-state index contributed by atoms with van der Waals surface area (Å²) in [6, 6.07) is 4.97. The Balaban J connectivity index is 2.04. The SMILES string of the molecule is CC[C@H]1O[C@@H](n2nnc3c(C(=O)OC)cccc32)[C@H](O)[C@@H]1O. The van der Waals surface area contributed by atoms with Crippen molar-refractivity contribution in [2.75, 3.05) is 7.11 Å². The Labute approximate surface area is 126 Å². The summed E-state index contributed by atoms with van der Waals surface area (Å²) >= 11 is 0. The van der Waals surface area contributed by atoms with Gasteiger partial charge in [0.15, 0.2) is 6.23 Å². The van der Waals surface area contributed by atoms with E-state index in [9.17, 15) is 15.0 Å². The molecular formula is C14H17N3O5. The lowest BCUT2D eigenvalue weighted by atomic mass is 10.1. The van der Waals surface area contributed by atoms with E-state index in [0.29, 0.717) is 17.5 Å². The van der Waals surface area contributed by atoms with Gasteiger partial charge in [0.05, 0.1) is 24.3 Å². The van der Waals surface area contributed by atoms with Crippen molar-refractivity contribution in [2.24, 2.45) is 0 Å². The standard InChI is InChI=1S/C14H17N3O5/c1-3-9-11(18)12(19)13(22-9)17-8-6-4-5-7(14(20)21-2)10(8)15-16-17/h4-6,9,11-13,18-19H,3H2,1-2H3/t9-,11-,12-,13-/m1/s1. The second-order valence-corrected chi connectivity index (χ2v) is 5.15. The minimum Gasteiger partial charge on any atom is -0.465 e. The molecule has 8 nitrogen and oxygen atoms in total. The highest BCUT2D eigenvalue weighted by molar-refractivity contribution is 6.01. The van der Waals surface area contributed by atoms with Crippen LogP contribution in [0.2, 0.25) is 0 Å². The van der Waals surface area contributed by atoms with Gasteiger partial charge in [-0.3, -0.25) is 0 Å². The number of esters is 1. The molecule has 118 valence electrons. The predicted octanol–water partition coefficient (Wildman–Crippen LogP) is 0.247. The number of nitrogens with zero attached hydrogens (tertiary/aromatic N) is 3. The van der Waals surface area contributed by atoms with Gasteiger partial charge in [0, 0.05) is 0 Å². The zero-order valence-corrected chi connectivity index (χ0v) is 12.2. The normalized spacial score (nSPS) is 28.2. The van der Waals surface area contributed by atoms with Gasteiger partial charge in [-0.1, -0.05) is 18.2 Å². The third kappa shape index (κ3) is 2.16. The quantitative estimate of drug-likeness (QED) is 0.783. The summed E-state index contributed by atoms with van der Waals surface area (Å²) in [5, 5.41) is 28.1. The van der Waals surface area contributed by atoms with E-state index < -0.39 is 30.5 Å². The van der Waals surface area contributed by atoms with Crippen LogP contribution in [-0.2, 0) is 9.47 Å². The number of carbonyl (C=O) groups excluding carboxylic acids is 1. The van der Waals surface area contributed by atoms with Crippen molar-refractivity contribution in [1.29, 1.82) is 0 Å². The van der Waals surface area contributed by atoms with Crippen molar-refractivity contribution in [2.45, 2.75) is 37.9 Å². The Morgan fingerprint density at radius 2 is 2.18 bits per heavy atom. The first-order valence-corrected chi connectivity index (χ1v) is 7.02. The van der Waals surface area contributed by atoms with Crippen LogP contribution < -0.4 is 0 Å². The number of aromatic nitrogens is 3. The summed E-state index contributed by atoms with van der Waals surface area (Å²) < 4.78 is 11.8. The van der Waals surface area contributed by atoms with Crippen LogP contribution >= 0.6 is 0 Å². The number of methoxy groups -OCH3 is 1. The molecule has 1 aliphatic heterocycles. The first-order valence-electron chi connectivity index (χ1n) is 7.02. The Hall–Kier alpha value is -2.03. The molecule has 2 aromatic rings. The summed E-state index contributed by atoms with van der Waals surface area (Å²) in [6.45, 7) is 1.86. The van der Waals surface area contributed by atoms with Crippen LogP contribution in [0.5, 0.6) is 0 Å². The van der Waals surface area contributed by atoms with E-state index in [0.717, 1.165) is 0 Å². The van der Waals surface area contributed by atoms with Gasteiger partial charge in [-0.05, 0) is 18.6 Å². The Bertz CT molecular complexity index is 701. The van der Waals surface area contributed by atoms with Crippen molar-refractivity contribution in [3.8, 4) is 0 Å². The zero-order chi connectivity index (χ0) is 15.9. The number of aliphatic hydroxyl groups excluding tert-OH is 2. The second kappa shape index (κ2) is 5.64. The Morgan fingerprint density at radius 3 is 2.82 bits per heavy atom. The van der Waals surface area contributed by atoms with E-state index in [2.05, 4.69) is 10.3 Å². The lowest BCUT2D eigenvalue weighted by Crippen LogP contribution is -2.31. The fourth-order valence-corrected chi connectivity index (χ4v) is 2.69. The Morgan fingerprint density at radius 1 is 1.41 bits per heavy atom. The fraction of sp³-hybridized carbons (Fsp3) is 0.500. The third-order valence-corrected chi connectivity index (χ3v) is 3.89. The van der Waals surface area contributed by atoms with Crippen LogP contribution in [0.1, 0.15) is 29.9 Å². The van der Waals surface area contributed by atoms with Crippen LogP contribution in [0.4, 0.5) is 0 Å². The zero-order valence-electron chi connectivity index (χ0n) is 12.2. The highest BCUT2D eigenvalue weighted by atomic mass is 16.6. The highest BCUT2D eigenvalue weighted by Gasteiger charge is 2.43. The lowest BCUT2D eigenvalue weighted by Gasteiger charge is -2.15. The summed E-state index contributed by atoms with van der Waals surface area (Å²) in [6.07, 6.45) is -2.86. The first-order chi connectivity index (χ1) is 10.6. The number of rotatable bonds is 3. The summed E-state index contributed by atoms with van der Waals surface area (Å²) in [7, 11) is 1.29. The largest absolute Gasteiger partial charge is 0.465 e. The van der Waals surface area contributed by atoms with Crippen LogP contribution in [0.3, 0.4) is 0 Å². The number of benzene rings is 1. The van der Waals surface area contributed by atoms with Gasteiger partial charge < -0.3 is 19.7 Å². The minimum atomic E-state index is -1.11. The maximum Gasteiger partial charge on any atom is 0.340 e. The van der Waals surface area contributed by atoms with E-state index in [-0.39, 0.29) is 5.56 Å². The molecule has 8 heteroatoms. The number of hydrogen-bond acceptors (Lipinski definition) is 7. The molecule has 0 bridgehead atoms. The molecule has 0 radical (unpaired) electrons. The third-order valence-electron chi connectivity index (χ3n) is 3.89. The molecule has 1 fully saturated rings. The van der Waals surface area contributed by atoms with Gasteiger partial charge in [-0.2, -0.15) is 0 Å². The number of fused-ring (bicyclic) bond motifs is 1. The van der Waals surface area contributed by atoms with Crippen LogP contribution in [0.25, 0.3) is 11.0 Å². The molecule has 2 N–H and O–H groups in total. The van der Waals surface area contributed by atoms with Crippen LogP contribution in [-0.4, -0.2) is 56.6 Å². The highest BCUT2D eigenvalue weighted by Crippen LogP contribution is 2.32. The van der Waals surface area contributed by atoms with E-state index in [1.807, 2.05) is 6.92 Å². The second-order valence-electron chi connectivity index (χ2n) is 5.15. The average Bonchev–Trinajstić information content (AvgIpc) is 3.08. The molecule has 22 heavy (non-hydrogen) atoms. The predicted molar refractivity (Wildman–Crippen MR) is 75.1 cm³/mol. The van der Waals surface area contributed by atoms with Gasteiger partial charge in [0.1, 0.15) is 17.7 Å². The van der Waals surface area contributed by atoms with E-state index in [4.69, 9.17) is 9.47 Å². The summed E-state index contributed by atoms with van der Waals surface area (Å²) in [4.78, 5) is 11.8. The summed E-state index contributed by atoms with van der Waals surface area (Å²) in [5.41, 5.74) is 1.17. The number of aliphatic hydroxyl groups is 2. The molecule has 0 amide bonds. The average molecular weight is 307 g/mol. The van der Waals surface area contributed by atoms with E-state index in [1.54, 1.807) is 18.2 Å². The Kier molecular flexibility index (Phi) is 3.81. The summed E-state index contributed by atoms with van der Waals surface area (Å²) in [5.74, 6) is -0.517. The monoisotopic (exact) mass is 307 g/mol. The van der Waals surface area contributed by atoms with E-state index in [1.165, 1.54) is 11.8 Å². The topological polar surface area (TPSA) is 107 Å². The van der Waals surface area contributed by atoms with E-state index >= 15 is 0 Å². The molecule has 0 aliphatic carbocycles. The molecule has 4 atom stereocenters. The molecule has 1 aromatic carbocycles. The molecule has 1 aliphatic rings. The molecule has 0 unspecified atom stereocenters. The van der Waals surface area contributed by atoms with Gasteiger partial charge in [-0.25, -0.2) is 9.48 Å². The number of hydrogen-bond donors (Lipinski definition) is 2. The molecular weight excluding hydrogens is 290 g/mol. The number of carbonyl (C=O) groups is 1. The maximum atomic E-state index is 11.8. The van der Waals surface area contributed by atoms with Gasteiger partial charge in [0.2, 0.25) is 0 Å². The molecule has 3 rings (SSSR count). The molecule has 0 saturated carbocycles. The van der Waals surface area contributed by atoms with Crippen LogP contribution in [0.15, 0.2) is 18.2 Å². The lowest BCUT2D eigenvalue weighted by molar-refractivity contribution is -0.0432. The van der Waals surface area contributed by atoms with Crippen molar-refractivity contribution in [1.82, 2.24) is 15.0 Å². The van der Waals surface area contributed by atoms with Crippen molar-refractivity contribution < 1.29 is 24.5 Å². The number of ether oxygens (including phenoxy) is 2. The van der Waals surface area contributed by atoms with Crippen molar-refractivity contribution in [3.63, 3.8) is 0 Å². The first kappa shape index (κ1) is 14.9. The van der Waals surface area contributed by atoms with Gasteiger partial charge in [-0.15, -0.1) is 5.10 Å². The van der Waals surface area contributed by atoms with Crippen molar-refractivity contribution in [3.05, 3.63) is 23.8 Å². The molecule has 1 saturated heterocycles. The van der Waals surface area contributed by atoms with Gasteiger partial charge >= 0.3 is 5.97 Å². The minimum absolute atomic E-state index is 0.284. The molecule has 2 heterocycles. The molecule has 0 spiro atoms. The smallest absolute Gasteiger partial charge is 0.340 e. The molecule has 1 aromatic heterocycles. The maximum absolute atomic E-state index is 11.8. The van der Waals surface area contributed by atoms with Crippen LogP contribution in [0, 0.1) is 0 Å². The van der Waals surface area contributed by atoms with Crippen molar-refractivity contribution >= 4 is 17.0 Å². The fourth-order valence-electron chi connectivity index (χ4n) is 2.69.